The van der Waals surface area contributed by atoms with Gasteiger partial charge in [0.1, 0.15) is 5.82 Å². The second kappa shape index (κ2) is 8.29. The molecule has 3 heterocycles. The van der Waals surface area contributed by atoms with Crippen LogP contribution in [-0.4, -0.2) is 75.7 Å². The largest absolute Gasteiger partial charge is 0.300 e. The van der Waals surface area contributed by atoms with E-state index in [2.05, 4.69) is 60.2 Å². The molecule has 0 aliphatic carbocycles. The highest BCUT2D eigenvalue weighted by Crippen LogP contribution is 2.29. The molecule has 0 amide bonds. The van der Waals surface area contributed by atoms with Crippen LogP contribution >= 0.6 is 0 Å². The number of hydrogen-bond donors (Lipinski definition) is 1. The number of aromatic nitrogens is 3. The molecule has 1 aromatic carbocycles. The van der Waals surface area contributed by atoms with Crippen LogP contribution in [-0.2, 0) is 6.54 Å². The van der Waals surface area contributed by atoms with E-state index in [4.69, 9.17) is 0 Å². The Morgan fingerprint density at radius 1 is 1.00 bits per heavy atom. The average molecular weight is 355 g/mol. The Morgan fingerprint density at radius 2 is 1.77 bits per heavy atom. The number of likely N-dealkylation sites (tertiary alicyclic amines) is 1. The summed E-state index contributed by atoms with van der Waals surface area (Å²) in [6.45, 7) is 11.2. The van der Waals surface area contributed by atoms with E-state index in [0.717, 1.165) is 31.3 Å². The number of nitrogens with one attached hydrogen (secondary N) is 1. The van der Waals surface area contributed by atoms with Gasteiger partial charge in [-0.3, -0.25) is 19.8 Å². The Bertz CT molecular complexity index is 677. The van der Waals surface area contributed by atoms with Gasteiger partial charge in [0.15, 0.2) is 5.82 Å². The Hall–Kier alpha value is -1.76. The first-order chi connectivity index (χ1) is 12.8. The molecule has 2 saturated heterocycles. The molecule has 2 aromatic rings. The molecule has 6 heteroatoms. The average Bonchev–Trinajstić information content (AvgIpc) is 3.30. The third kappa shape index (κ3) is 4.31. The van der Waals surface area contributed by atoms with Gasteiger partial charge < -0.3 is 0 Å². The number of nitrogens with zero attached hydrogens (tertiary/aromatic N) is 5. The number of aryl methyl sites for hydroxylation is 1. The molecule has 2 aliphatic rings. The number of benzene rings is 1. The maximum atomic E-state index is 4.56. The summed E-state index contributed by atoms with van der Waals surface area (Å²) in [6.07, 6.45) is 2.44. The van der Waals surface area contributed by atoms with Crippen LogP contribution in [0.4, 0.5) is 0 Å². The minimum Gasteiger partial charge on any atom is -0.300 e. The van der Waals surface area contributed by atoms with Crippen LogP contribution in [0.25, 0.3) is 0 Å². The topological polar surface area (TPSA) is 51.3 Å². The molecule has 0 bridgehead atoms. The number of rotatable bonds is 6. The van der Waals surface area contributed by atoms with Crippen molar-refractivity contribution < 1.29 is 0 Å². The molecule has 0 saturated carbocycles. The van der Waals surface area contributed by atoms with E-state index in [-0.39, 0.29) is 0 Å². The van der Waals surface area contributed by atoms with Gasteiger partial charge in [-0.25, -0.2) is 4.98 Å². The summed E-state index contributed by atoms with van der Waals surface area (Å²) >= 11 is 0. The molecular formula is C20H30N6. The molecule has 26 heavy (non-hydrogen) atoms. The van der Waals surface area contributed by atoms with Crippen LogP contribution in [0, 0.1) is 6.92 Å². The highest BCUT2D eigenvalue weighted by molar-refractivity contribution is 5.14. The molecule has 1 N–H and O–H groups in total. The molecule has 0 spiro atoms. The van der Waals surface area contributed by atoms with E-state index >= 15 is 0 Å². The van der Waals surface area contributed by atoms with Crippen LogP contribution in [0.1, 0.15) is 36.1 Å². The minimum atomic E-state index is 0.402. The predicted molar refractivity (Wildman–Crippen MR) is 103 cm³/mol. The molecule has 1 atom stereocenters. The van der Waals surface area contributed by atoms with Crippen molar-refractivity contribution in [3.63, 3.8) is 0 Å². The summed E-state index contributed by atoms with van der Waals surface area (Å²) < 4.78 is 0. The zero-order valence-electron chi connectivity index (χ0n) is 15.8. The smallest absolute Gasteiger partial charge is 0.167 e. The van der Waals surface area contributed by atoms with Crippen molar-refractivity contribution in [3.05, 3.63) is 47.5 Å². The highest BCUT2D eigenvalue weighted by atomic mass is 15.3. The summed E-state index contributed by atoms with van der Waals surface area (Å²) in [5.41, 5.74) is 1.42. The summed E-state index contributed by atoms with van der Waals surface area (Å²) in [7, 11) is 0. The Labute approximate surface area is 156 Å². The Kier molecular flexibility index (Phi) is 5.62. The Balaban J connectivity index is 1.22. The molecule has 1 aromatic heterocycles. The van der Waals surface area contributed by atoms with Crippen molar-refractivity contribution in [3.8, 4) is 0 Å². The molecule has 6 nitrogen and oxygen atoms in total. The van der Waals surface area contributed by atoms with E-state index in [9.17, 15) is 0 Å². The van der Waals surface area contributed by atoms with E-state index in [1.54, 1.807) is 0 Å². The fourth-order valence-electron chi connectivity index (χ4n) is 4.18. The van der Waals surface area contributed by atoms with Crippen LogP contribution in [0.15, 0.2) is 30.3 Å². The third-order valence-corrected chi connectivity index (χ3v) is 5.69. The van der Waals surface area contributed by atoms with Crippen molar-refractivity contribution in [2.45, 2.75) is 32.4 Å². The van der Waals surface area contributed by atoms with Gasteiger partial charge in [-0.15, -0.1) is 0 Å². The van der Waals surface area contributed by atoms with Crippen molar-refractivity contribution >= 4 is 0 Å². The van der Waals surface area contributed by atoms with Gasteiger partial charge in [0, 0.05) is 45.8 Å². The van der Waals surface area contributed by atoms with Gasteiger partial charge in [0.2, 0.25) is 0 Å². The molecule has 1 unspecified atom stereocenters. The first-order valence-corrected chi connectivity index (χ1v) is 9.89. The van der Waals surface area contributed by atoms with E-state index in [1.807, 2.05) is 6.92 Å². The minimum absolute atomic E-state index is 0.402. The lowest BCUT2D eigenvalue weighted by molar-refractivity contribution is 0.111. The molecular weight excluding hydrogens is 324 g/mol. The first kappa shape index (κ1) is 17.6. The zero-order valence-corrected chi connectivity index (χ0v) is 15.8. The lowest BCUT2D eigenvalue weighted by Crippen LogP contribution is -2.48. The van der Waals surface area contributed by atoms with Crippen molar-refractivity contribution in [2.75, 3.05) is 45.8 Å². The van der Waals surface area contributed by atoms with Crippen LogP contribution in [0.2, 0.25) is 0 Å². The fourth-order valence-corrected chi connectivity index (χ4v) is 4.18. The van der Waals surface area contributed by atoms with Gasteiger partial charge in [0.25, 0.3) is 0 Å². The third-order valence-electron chi connectivity index (χ3n) is 5.69. The quantitative estimate of drug-likeness (QED) is 0.861. The van der Waals surface area contributed by atoms with Gasteiger partial charge in [-0.1, -0.05) is 30.3 Å². The van der Waals surface area contributed by atoms with Crippen molar-refractivity contribution in [2.24, 2.45) is 0 Å². The van der Waals surface area contributed by atoms with E-state index in [0.29, 0.717) is 6.04 Å². The SMILES string of the molecule is Cc1nc(C2CCCN2CCN2CCN(Cc3ccccc3)CC2)n[nH]1. The maximum absolute atomic E-state index is 4.56. The number of piperazine rings is 1. The lowest BCUT2D eigenvalue weighted by atomic mass is 10.2. The number of aromatic amines is 1. The van der Waals surface area contributed by atoms with E-state index in [1.165, 1.54) is 51.1 Å². The maximum Gasteiger partial charge on any atom is 0.167 e. The van der Waals surface area contributed by atoms with Gasteiger partial charge in [0.05, 0.1) is 6.04 Å². The van der Waals surface area contributed by atoms with Crippen molar-refractivity contribution in [1.29, 1.82) is 0 Å². The molecule has 2 aliphatic heterocycles. The predicted octanol–water partition coefficient (Wildman–Crippen LogP) is 2.07. The molecule has 4 rings (SSSR count). The number of hydrogen-bond acceptors (Lipinski definition) is 5. The second-order valence-electron chi connectivity index (χ2n) is 7.58. The summed E-state index contributed by atoms with van der Waals surface area (Å²) in [5, 5.41) is 7.39. The summed E-state index contributed by atoms with van der Waals surface area (Å²) in [4.78, 5) is 12.3. The fraction of sp³-hybridized carbons (Fsp3) is 0.600. The van der Waals surface area contributed by atoms with Crippen LogP contribution in [0.3, 0.4) is 0 Å². The van der Waals surface area contributed by atoms with Crippen molar-refractivity contribution in [1.82, 2.24) is 29.9 Å². The summed E-state index contributed by atoms with van der Waals surface area (Å²) in [6, 6.07) is 11.2. The highest BCUT2D eigenvalue weighted by Gasteiger charge is 2.29. The van der Waals surface area contributed by atoms with E-state index < -0.39 is 0 Å². The zero-order chi connectivity index (χ0) is 17.8. The van der Waals surface area contributed by atoms with Gasteiger partial charge >= 0.3 is 0 Å². The number of H-pyrrole nitrogens is 1. The lowest BCUT2D eigenvalue weighted by Gasteiger charge is -2.36. The van der Waals surface area contributed by atoms with Gasteiger partial charge in [-0.05, 0) is 31.9 Å². The first-order valence-electron chi connectivity index (χ1n) is 9.89. The standard InChI is InChI=1S/C20H30N6/c1-17-21-20(23-22-17)19-8-5-9-26(19)15-14-24-10-12-25(13-11-24)16-18-6-3-2-4-7-18/h2-4,6-7,19H,5,8-16H2,1H3,(H,21,22,23). The molecule has 140 valence electrons. The normalized spacial score (nSPS) is 22.9. The second-order valence-corrected chi connectivity index (χ2v) is 7.58. The van der Waals surface area contributed by atoms with Crippen LogP contribution in [0.5, 0.6) is 0 Å². The summed E-state index contributed by atoms with van der Waals surface area (Å²) in [5.74, 6) is 1.90. The van der Waals surface area contributed by atoms with Crippen LogP contribution < -0.4 is 0 Å². The Morgan fingerprint density at radius 3 is 2.50 bits per heavy atom. The molecule has 2 fully saturated rings. The van der Waals surface area contributed by atoms with Gasteiger partial charge in [-0.2, -0.15) is 5.10 Å². The molecule has 0 radical (unpaired) electrons. The monoisotopic (exact) mass is 354 g/mol.